The van der Waals surface area contributed by atoms with Crippen molar-refractivity contribution in [3.63, 3.8) is 0 Å². The van der Waals surface area contributed by atoms with E-state index in [2.05, 4.69) is 33.0 Å². The van der Waals surface area contributed by atoms with Crippen LogP contribution in [0.4, 0.5) is 5.69 Å². The minimum absolute atomic E-state index is 0.0454. The van der Waals surface area contributed by atoms with Crippen LogP contribution in [0.15, 0.2) is 24.3 Å². The van der Waals surface area contributed by atoms with Crippen LogP contribution in [-0.2, 0) is 4.79 Å². The molecule has 3 heteroatoms. The number of rotatable bonds is 5. The van der Waals surface area contributed by atoms with Crippen LogP contribution in [-0.4, -0.2) is 5.91 Å². The first-order valence-electron chi connectivity index (χ1n) is 6.46. The molecular weight excluding hydrogens is 246 g/mol. The van der Waals surface area contributed by atoms with Crippen molar-refractivity contribution < 1.29 is 4.79 Å². The lowest BCUT2D eigenvalue weighted by Gasteiger charge is -2.22. The normalized spacial score (nSPS) is 12.8. The van der Waals surface area contributed by atoms with E-state index < -0.39 is 0 Å². The van der Waals surface area contributed by atoms with Crippen LogP contribution in [0.2, 0.25) is 5.02 Å². The summed E-state index contributed by atoms with van der Waals surface area (Å²) >= 11 is 5.90. The summed E-state index contributed by atoms with van der Waals surface area (Å²) in [6.45, 7) is 8.46. The van der Waals surface area contributed by atoms with Gasteiger partial charge in [-0.2, -0.15) is 0 Å². The Hall–Kier alpha value is -1.02. The fourth-order valence-corrected chi connectivity index (χ4v) is 2.18. The molecule has 1 unspecified atom stereocenters. The summed E-state index contributed by atoms with van der Waals surface area (Å²) in [7, 11) is 0. The number of carbonyl (C=O) groups excluding carboxylic acids is 1. The predicted molar refractivity (Wildman–Crippen MR) is 77.9 cm³/mol. The third-order valence-corrected chi connectivity index (χ3v) is 3.19. The largest absolute Gasteiger partial charge is 0.326 e. The Morgan fingerprint density at radius 2 is 1.94 bits per heavy atom. The monoisotopic (exact) mass is 267 g/mol. The maximum atomic E-state index is 12.2. The summed E-state index contributed by atoms with van der Waals surface area (Å²) in [5.41, 5.74) is 0.766. The molecule has 0 aromatic heterocycles. The third-order valence-electron chi connectivity index (χ3n) is 2.96. The summed E-state index contributed by atoms with van der Waals surface area (Å²) in [5.74, 6) is 0.985. The molecule has 1 atom stereocenters. The number of hydrogen-bond acceptors (Lipinski definition) is 1. The molecule has 0 heterocycles. The van der Waals surface area contributed by atoms with Gasteiger partial charge in [-0.25, -0.2) is 0 Å². The van der Waals surface area contributed by atoms with Crippen LogP contribution in [0.5, 0.6) is 0 Å². The van der Waals surface area contributed by atoms with Crippen molar-refractivity contribution >= 4 is 23.2 Å². The molecule has 0 aliphatic heterocycles. The third kappa shape index (κ3) is 4.69. The van der Waals surface area contributed by atoms with E-state index in [0.29, 0.717) is 16.9 Å². The summed E-state index contributed by atoms with van der Waals surface area (Å²) < 4.78 is 0. The Bertz CT molecular complexity index is 401. The number of benzene rings is 1. The Kier molecular flexibility index (Phi) is 5.67. The van der Waals surface area contributed by atoms with Gasteiger partial charge in [-0.3, -0.25) is 4.79 Å². The molecule has 1 aromatic rings. The van der Waals surface area contributed by atoms with Crippen LogP contribution in [0, 0.1) is 17.8 Å². The number of hydrogen-bond donors (Lipinski definition) is 1. The number of halogens is 1. The maximum absolute atomic E-state index is 12.2. The van der Waals surface area contributed by atoms with E-state index in [0.717, 1.165) is 12.1 Å². The predicted octanol–water partition coefficient (Wildman–Crippen LogP) is 4.60. The van der Waals surface area contributed by atoms with Gasteiger partial charge < -0.3 is 5.32 Å². The van der Waals surface area contributed by atoms with Gasteiger partial charge in [0.15, 0.2) is 0 Å². The smallest absolute Gasteiger partial charge is 0.227 e. The molecular formula is C15H22ClNO. The Labute approximate surface area is 115 Å². The highest BCUT2D eigenvalue weighted by Crippen LogP contribution is 2.23. The lowest BCUT2D eigenvalue weighted by Crippen LogP contribution is -2.28. The zero-order valence-electron chi connectivity index (χ0n) is 11.5. The number of anilines is 1. The average Bonchev–Trinajstić information content (AvgIpc) is 2.25. The van der Waals surface area contributed by atoms with Crippen LogP contribution in [0.1, 0.15) is 34.1 Å². The minimum atomic E-state index is 0.0454. The summed E-state index contributed by atoms with van der Waals surface area (Å²) in [4.78, 5) is 12.2. The van der Waals surface area contributed by atoms with E-state index in [-0.39, 0.29) is 11.8 Å². The van der Waals surface area contributed by atoms with E-state index in [4.69, 9.17) is 11.6 Å². The van der Waals surface area contributed by atoms with Gasteiger partial charge in [0.1, 0.15) is 0 Å². The van der Waals surface area contributed by atoms with E-state index in [1.807, 2.05) is 12.1 Å². The molecule has 0 spiro atoms. The second-order valence-corrected chi connectivity index (χ2v) is 5.92. The molecule has 0 aliphatic rings. The van der Waals surface area contributed by atoms with Gasteiger partial charge in [0.05, 0.1) is 0 Å². The first kappa shape index (κ1) is 15.0. The lowest BCUT2D eigenvalue weighted by molar-refractivity contribution is -0.121. The van der Waals surface area contributed by atoms with Gasteiger partial charge in [0.2, 0.25) is 5.91 Å². The first-order chi connectivity index (χ1) is 8.40. The highest BCUT2D eigenvalue weighted by Gasteiger charge is 2.23. The second kappa shape index (κ2) is 6.79. The maximum Gasteiger partial charge on any atom is 0.227 e. The first-order valence-corrected chi connectivity index (χ1v) is 6.84. The van der Waals surface area contributed by atoms with Crippen LogP contribution in [0.3, 0.4) is 0 Å². The fourth-order valence-electron chi connectivity index (χ4n) is 1.99. The molecule has 0 fully saturated rings. The Morgan fingerprint density at radius 3 is 2.44 bits per heavy atom. The molecule has 0 saturated carbocycles. The molecule has 0 radical (unpaired) electrons. The molecule has 2 nitrogen and oxygen atoms in total. The average molecular weight is 268 g/mol. The van der Waals surface area contributed by atoms with Crippen molar-refractivity contribution in [3.05, 3.63) is 29.3 Å². The molecule has 1 rings (SSSR count). The number of nitrogens with one attached hydrogen (secondary N) is 1. The van der Waals surface area contributed by atoms with Crippen LogP contribution < -0.4 is 5.32 Å². The molecule has 0 aliphatic carbocycles. The van der Waals surface area contributed by atoms with Gasteiger partial charge >= 0.3 is 0 Å². The molecule has 100 valence electrons. The quantitative estimate of drug-likeness (QED) is 0.830. The standard InChI is InChI=1S/C15H22ClNO/c1-10(2)8-14(11(3)4)15(18)17-13-7-5-6-12(16)9-13/h5-7,9-11,14H,8H2,1-4H3,(H,17,18). The van der Waals surface area contributed by atoms with E-state index in [1.165, 1.54) is 0 Å². The zero-order chi connectivity index (χ0) is 13.7. The van der Waals surface area contributed by atoms with Crippen molar-refractivity contribution in [2.24, 2.45) is 17.8 Å². The summed E-state index contributed by atoms with van der Waals surface area (Å²) in [6, 6.07) is 7.26. The Balaban J connectivity index is 2.72. The summed E-state index contributed by atoms with van der Waals surface area (Å²) in [5, 5.41) is 3.58. The lowest BCUT2D eigenvalue weighted by atomic mass is 9.87. The molecule has 0 bridgehead atoms. The van der Waals surface area contributed by atoms with E-state index >= 15 is 0 Å². The molecule has 1 N–H and O–H groups in total. The van der Waals surface area contributed by atoms with Crippen molar-refractivity contribution in [1.82, 2.24) is 0 Å². The highest BCUT2D eigenvalue weighted by molar-refractivity contribution is 6.30. The molecule has 0 saturated heterocycles. The number of amides is 1. The van der Waals surface area contributed by atoms with Gasteiger partial charge in [-0.05, 0) is 36.5 Å². The van der Waals surface area contributed by atoms with Crippen LogP contribution in [0.25, 0.3) is 0 Å². The fraction of sp³-hybridized carbons (Fsp3) is 0.533. The van der Waals surface area contributed by atoms with Crippen molar-refractivity contribution in [1.29, 1.82) is 0 Å². The molecule has 1 aromatic carbocycles. The SMILES string of the molecule is CC(C)CC(C(=O)Nc1cccc(Cl)c1)C(C)C. The van der Waals surface area contributed by atoms with Gasteiger partial charge in [-0.15, -0.1) is 0 Å². The summed E-state index contributed by atoms with van der Waals surface area (Å²) in [6.07, 6.45) is 0.907. The topological polar surface area (TPSA) is 29.1 Å². The highest BCUT2D eigenvalue weighted by atomic mass is 35.5. The van der Waals surface area contributed by atoms with Crippen molar-refractivity contribution in [3.8, 4) is 0 Å². The van der Waals surface area contributed by atoms with Crippen molar-refractivity contribution in [2.75, 3.05) is 5.32 Å². The van der Waals surface area contributed by atoms with Gasteiger partial charge in [0.25, 0.3) is 0 Å². The molecule has 18 heavy (non-hydrogen) atoms. The minimum Gasteiger partial charge on any atom is -0.326 e. The second-order valence-electron chi connectivity index (χ2n) is 5.48. The number of carbonyl (C=O) groups is 1. The zero-order valence-corrected chi connectivity index (χ0v) is 12.3. The van der Waals surface area contributed by atoms with Crippen LogP contribution >= 0.6 is 11.6 Å². The van der Waals surface area contributed by atoms with E-state index in [1.54, 1.807) is 12.1 Å². The van der Waals surface area contributed by atoms with Gasteiger partial charge in [-0.1, -0.05) is 45.4 Å². The Morgan fingerprint density at radius 1 is 1.28 bits per heavy atom. The van der Waals surface area contributed by atoms with Crippen molar-refractivity contribution in [2.45, 2.75) is 34.1 Å². The molecule has 1 amide bonds. The van der Waals surface area contributed by atoms with Gasteiger partial charge in [0, 0.05) is 16.6 Å². The van der Waals surface area contributed by atoms with E-state index in [9.17, 15) is 4.79 Å².